The van der Waals surface area contributed by atoms with Crippen LogP contribution in [0.25, 0.3) is 5.69 Å². The van der Waals surface area contributed by atoms with Gasteiger partial charge in [0.1, 0.15) is 11.4 Å². The summed E-state index contributed by atoms with van der Waals surface area (Å²) in [6.45, 7) is 0.295. The number of nitrogens with zero attached hydrogens (tertiary/aromatic N) is 3. The maximum atomic E-state index is 13.0. The largest absolute Gasteiger partial charge is 0.477 e. The third kappa shape index (κ3) is 3.25. The Morgan fingerprint density at radius 2 is 1.96 bits per heavy atom. The number of aromatic carboxylic acids is 1. The summed E-state index contributed by atoms with van der Waals surface area (Å²) in [6, 6.07) is 6.30. The van der Waals surface area contributed by atoms with Crippen molar-refractivity contribution in [3.63, 3.8) is 0 Å². The topological polar surface area (TPSA) is 110 Å². The van der Waals surface area contributed by atoms with Gasteiger partial charge in [-0.3, -0.25) is 9.48 Å². The van der Waals surface area contributed by atoms with Crippen molar-refractivity contribution in [1.82, 2.24) is 19.3 Å². The van der Waals surface area contributed by atoms with Crippen molar-refractivity contribution >= 4 is 5.97 Å². The molecule has 0 atom stereocenters. The molecule has 2 aromatic heterocycles. The van der Waals surface area contributed by atoms with Crippen LogP contribution in [0, 0.1) is 5.82 Å². The van der Waals surface area contributed by atoms with Gasteiger partial charge in [-0.15, -0.1) is 0 Å². The summed E-state index contributed by atoms with van der Waals surface area (Å²) in [5, 5.41) is 13.4. The molecule has 3 aromatic rings. The second-order valence-electron chi connectivity index (χ2n) is 5.22. The van der Waals surface area contributed by atoms with E-state index >= 15 is 0 Å². The van der Waals surface area contributed by atoms with Gasteiger partial charge in [0, 0.05) is 31.1 Å². The quantitative estimate of drug-likeness (QED) is 0.711. The highest BCUT2D eigenvalue weighted by atomic mass is 19.1. The van der Waals surface area contributed by atoms with Gasteiger partial charge in [0.2, 0.25) is 0 Å². The molecule has 0 aliphatic rings. The third-order valence-electron chi connectivity index (χ3n) is 3.63. The van der Waals surface area contributed by atoms with Gasteiger partial charge in [0.05, 0.1) is 5.69 Å². The second-order valence-corrected chi connectivity index (χ2v) is 5.22. The van der Waals surface area contributed by atoms with Crippen LogP contribution >= 0.6 is 0 Å². The summed E-state index contributed by atoms with van der Waals surface area (Å²) < 4.78 is 15.3. The molecular formula is C16H13FN4O4. The summed E-state index contributed by atoms with van der Waals surface area (Å²) in [5.41, 5.74) is -2.21. The van der Waals surface area contributed by atoms with E-state index in [9.17, 15) is 23.9 Å². The molecule has 0 saturated carbocycles. The minimum atomic E-state index is -1.45. The van der Waals surface area contributed by atoms with E-state index in [0.717, 1.165) is 12.1 Å². The molecule has 0 aliphatic carbocycles. The van der Waals surface area contributed by atoms with Gasteiger partial charge in [0.15, 0.2) is 0 Å². The van der Waals surface area contributed by atoms with E-state index in [1.807, 2.05) is 0 Å². The lowest BCUT2D eigenvalue weighted by molar-refractivity contribution is 0.0692. The molecule has 3 rings (SSSR count). The Morgan fingerprint density at radius 1 is 1.24 bits per heavy atom. The lowest BCUT2D eigenvalue weighted by Gasteiger charge is -2.10. The van der Waals surface area contributed by atoms with Crippen molar-refractivity contribution in [2.24, 2.45) is 0 Å². The molecule has 0 amide bonds. The SMILES string of the molecule is O=C(O)c1c(CCn2cccn2)[nH]c(=O)n(-c2ccc(F)cc2)c1=O. The van der Waals surface area contributed by atoms with Crippen LogP contribution in [0.5, 0.6) is 0 Å². The molecule has 9 heteroatoms. The standard InChI is InChI=1S/C16H13FN4O4/c17-10-2-4-11(5-3-10)21-14(22)13(15(23)24)12(19-16(21)25)6-9-20-8-1-7-18-20/h1-5,7-8H,6,9H2,(H,19,25)(H,23,24). The number of aryl methyl sites for hydroxylation is 2. The van der Waals surface area contributed by atoms with Crippen LogP contribution < -0.4 is 11.2 Å². The Morgan fingerprint density at radius 3 is 2.56 bits per heavy atom. The molecule has 0 saturated heterocycles. The minimum Gasteiger partial charge on any atom is -0.477 e. The number of aromatic nitrogens is 4. The summed E-state index contributed by atoms with van der Waals surface area (Å²) >= 11 is 0. The molecular weight excluding hydrogens is 331 g/mol. The normalized spacial score (nSPS) is 10.8. The molecule has 0 unspecified atom stereocenters. The van der Waals surface area contributed by atoms with Crippen molar-refractivity contribution in [3.05, 3.63) is 80.6 Å². The highest BCUT2D eigenvalue weighted by Crippen LogP contribution is 2.07. The number of carboxylic acid groups (broad SMARTS) is 1. The molecule has 8 nitrogen and oxygen atoms in total. The summed E-state index contributed by atoms with van der Waals surface area (Å²) in [6.07, 6.45) is 3.35. The zero-order valence-corrected chi connectivity index (χ0v) is 12.8. The smallest absolute Gasteiger partial charge is 0.343 e. The average molecular weight is 344 g/mol. The molecule has 2 N–H and O–H groups in total. The number of benzene rings is 1. The Bertz CT molecular complexity index is 1020. The van der Waals surface area contributed by atoms with Crippen LogP contribution in [0.4, 0.5) is 4.39 Å². The van der Waals surface area contributed by atoms with Gasteiger partial charge in [0.25, 0.3) is 5.56 Å². The van der Waals surface area contributed by atoms with Gasteiger partial charge in [-0.05, 0) is 30.3 Å². The fraction of sp³-hybridized carbons (Fsp3) is 0.125. The fourth-order valence-electron chi connectivity index (χ4n) is 2.47. The molecule has 0 aliphatic heterocycles. The maximum absolute atomic E-state index is 13.0. The van der Waals surface area contributed by atoms with E-state index < -0.39 is 28.6 Å². The number of carboxylic acids is 1. The monoisotopic (exact) mass is 344 g/mol. The molecule has 128 valence electrons. The van der Waals surface area contributed by atoms with Gasteiger partial charge < -0.3 is 10.1 Å². The van der Waals surface area contributed by atoms with Crippen molar-refractivity contribution in [1.29, 1.82) is 0 Å². The molecule has 0 bridgehead atoms. The molecule has 0 spiro atoms. The summed E-state index contributed by atoms with van der Waals surface area (Å²) in [5.74, 6) is -1.99. The van der Waals surface area contributed by atoms with E-state index in [1.54, 1.807) is 23.1 Å². The average Bonchev–Trinajstić information content (AvgIpc) is 3.07. The zero-order chi connectivity index (χ0) is 18.0. The molecule has 25 heavy (non-hydrogen) atoms. The second kappa shape index (κ2) is 6.56. The number of nitrogens with one attached hydrogen (secondary N) is 1. The maximum Gasteiger partial charge on any atom is 0.343 e. The first-order valence-corrected chi connectivity index (χ1v) is 7.32. The Labute approximate surface area is 139 Å². The van der Waals surface area contributed by atoms with Gasteiger partial charge in [-0.2, -0.15) is 5.10 Å². The van der Waals surface area contributed by atoms with Crippen molar-refractivity contribution in [2.75, 3.05) is 0 Å². The van der Waals surface area contributed by atoms with Gasteiger partial charge in [-0.1, -0.05) is 0 Å². The van der Waals surface area contributed by atoms with Crippen LogP contribution in [0.3, 0.4) is 0 Å². The Hall–Kier alpha value is -3.49. The Balaban J connectivity index is 2.09. The van der Waals surface area contributed by atoms with Crippen molar-refractivity contribution in [2.45, 2.75) is 13.0 Å². The number of aromatic amines is 1. The predicted molar refractivity (Wildman–Crippen MR) is 85.5 cm³/mol. The van der Waals surface area contributed by atoms with Crippen molar-refractivity contribution in [3.8, 4) is 5.69 Å². The lowest BCUT2D eigenvalue weighted by atomic mass is 10.1. The number of H-pyrrole nitrogens is 1. The first-order chi connectivity index (χ1) is 12.0. The summed E-state index contributed by atoms with van der Waals surface area (Å²) in [7, 11) is 0. The van der Waals surface area contributed by atoms with Crippen molar-refractivity contribution < 1.29 is 14.3 Å². The first-order valence-electron chi connectivity index (χ1n) is 7.32. The van der Waals surface area contributed by atoms with Crippen LogP contribution in [-0.4, -0.2) is 30.4 Å². The lowest BCUT2D eigenvalue weighted by Crippen LogP contribution is -2.39. The predicted octanol–water partition coefficient (Wildman–Crippen LogP) is 0.802. The summed E-state index contributed by atoms with van der Waals surface area (Å²) in [4.78, 5) is 38.8. The fourth-order valence-corrected chi connectivity index (χ4v) is 2.47. The zero-order valence-electron chi connectivity index (χ0n) is 12.8. The highest BCUT2D eigenvalue weighted by molar-refractivity contribution is 5.88. The van der Waals surface area contributed by atoms with E-state index in [-0.39, 0.29) is 17.8 Å². The number of hydrogen-bond acceptors (Lipinski definition) is 4. The van der Waals surface area contributed by atoms with Gasteiger partial charge >= 0.3 is 11.7 Å². The minimum absolute atomic E-state index is 0.0105. The molecule has 1 aromatic carbocycles. The van der Waals surface area contributed by atoms with E-state index in [2.05, 4.69) is 10.1 Å². The van der Waals surface area contributed by atoms with Gasteiger partial charge in [-0.25, -0.2) is 18.5 Å². The molecule has 2 heterocycles. The van der Waals surface area contributed by atoms with E-state index in [4.69, 9.17) is 0 Å². The van der Waals surface area contributed by atoms with Crippen LogP contribution in [0.15, 0.2) is 52.3 Å². The van der Waals surface area contributed by atoms with Crippen LogP contribution in [-0.2, 0) is 13.0 Å². The number of carbonyl (C=O) groups is 1. The highest BCUT2D eigenvalue weighted by Gasteiger charge is 2.20. The molecule has 0 radical (unpaired) electrons. The van der Waals surface area contributed by atoms with Crippen LogP contribution in [0.1, 0.15) is 16.1 Å². The number of hydrogen-bond donors (Lipinski definition) is 2. The molecule has 0 fully saturated rings. The first kappa shape index (κ1) is 16.4. The van der Waals surface area contributed by atoms with Crippen LogP contribution in [0.2, 0.25) is 0 Å². The Kier molecular flexibility index (Phi) is 4.29. The number of rotatable bonds is 5. The van der Waals surface area contributed by atoms with E-state index in [0.29, 0.717) is 11.1 Å². The third-order valence-corrected chi connectivity index (χ3v) is 3.63. The number of halogens is 1. The van der Waals surface area contributed by atoms with E-state index in [1.165, 1.54) is 12.1 Å².